The monoisotopic (exact) mass is 379 g/mol. The van der Waals surface area contributed by atoms with Crippen LogP contribution in [0.15, 0.2) is 42.5 Å². The predicted octanol–water partition coefficient (Wildman–Crippen LogP) is 3.56. The van der Waals surface area contributed by atoms with Gasteiger partial charge in [-0.15, -0.1) is 0 Å². The number of aromatic nitrogens is 1. The van der Waals surface area contributed by atoms with Crippen LogP contribution in [0.3, 0.4) is 0 Å². The molecule has 1 aromatic heterocycles. The molecule has 0 bridgehead atoms. The zero-order valence-corrected chi connectivity index (χ0v) is 15.5. The summed E-state index contributed by atoms with van der Waals surface area (Å²) in [7, 11) is 1.61. The standard InChI is InChI=1S/C21H18FN3O3/c1-21-18-13(14-11-12(28-2)7-8-16(14)23-18)9-10-24(21)20(27)25(19(21)26)17-6-4-3-5-15(17)22/h3-8,11,23H,9-10H2,1-2H3/t21-/m0/s1. The van der Waals surface area contributed by atoms with Gasteiger partial charge in [-0.05, 0) is 49.2 Å². The van der Waals surface area contributed by atoms with E-state index in [1.807, 2.05) is 18.2 Å². The summed E-state index contributed by atoms with van der Waals surface area (Å²) >= 11 is 0. The second-order valence-electron chi connectivity index (χ2n) is 7.24. The fourth-order valence-corrected chi connectivity index (χ4v) is 4.39. The van der Waals surface area contributed by atoms with Gasteiger partial charge in [-0.25, -0.2) is 14.1 Å². The van der Waals surface area contributed by atoms with Crippen molar-refractivity contribution in [2.45, 2.75) is 18.9 Å². The van der Waals surface area contributed by atoms with Crippen molar-refractivity contribution in [2.75, 3.05) is 18.6 Å². The molecule has 1 saturated heterocycles. The molecule has 2 aromatic carbocycles. The summed E-state index contributed by atoms with van der Waals surface area (Å²) in [4.78, 5) is 32.3. The molecule has 1 atom stereocenters. The molecular formula is C21H18FN3O3. The van der Waals surface area contributed by atoms with Crippen LogP contribution < -0.4 is 9.64 Å². The van der Waals surface area contributed by atoms with Crippen molar-refractivity contribution < 1.29 is 18.7 Å². The average Bonchev–Trinajstić information content (AvgIpc) is 3.16. The minimum Gasteiger partial charge on any atom is -0.497 e. The zero-order chi connectivity index (χ0) is 19.6. The maximum atomic E-state index is 14.4. The van der Waals surface area contributed by atoms with Gasteiger partial charge >= 0.3 is 6.03 Å². The number of H-pyrrole nitrogens is 1. The Labute approximate surface area is 160 Å². The molecule has 1 N–H and O–H groups in total. The van der Waals surface area contributed by atoms with Gasteiger partial charge in [0.05, 0.1) is 18.5 Å². The molecule has 2 aliphatic rings. The van der Waals surface area contributed by atoms with E-state index in [9.17, 15) is 14.0 Å². The molecule has 5 rings (SSSR count). The summed E-state index contributed by atoms with van der Waals surface area (Å²) < 4.78 is 19.7. The van der Waals surface area contributed by atoms with E-state index in [4.69, 9.17) is 4.74 Å². The number of carbonyl (C=O) groups is 2. The fraction of sp³-hybridized carbons (Fsp3) is 0.238. The number of carbonyl (C=O) groups excluding carboxylic acids is 2. The number of rotatable bonds is 2. The number of nitrogens with zero attached hydrogens (tertiary/aromatic N) is 2. The molecule has 0 saturated carbocycles. The lowest BCUT2D eigenvalue weighted by molar-refractivity contribution is -0.125. The topological polar surface area (TPSA) is 65.6 Å². The molecule has 6 nitrogen and oxygen atoms in total. The summed E-state index contributed by atoms with van der Waals surface area (Å²) in [5.74, 6) is -0.333. The minimum atomic E-state index is -1.21. The second-order valence-corrected chi connectivity index (χ2v) is 7.24. The van der Waals surface area contributed by atoms with Crippen molar-refractivity contribution in [2.24, 2.45) is 0 Å². The Morgan fingerprint density at radius 3 is 2.71 bits per heavy atom. The first-order valence-electron chi connectivity index (χ1n) is 9.06. The van der Waals surface area contributed by atoms with Gasteiger partial charge in [0.2, 0.25) is 0 Å². The van der Waals surface area contributed by atoms with Gasteiger partial charge in [0, 0.05) is 17.4 Å². The van der Waals surface area contributed by atoms with Crippen LogP contribution in [0.2, 0.25) is 0 Å². The van der Waals surface area contributed by atoms with Crippen molar-refractivity contribution in [1.82, 2.24) is 9.88 Å². The van der Waals surface area contributed by atoms with Crippen molar-refractivity contribution in [3.05, 3.63) is 59.5 Å². The lowest BCUT2D eigenvalue weighted by Crippen LogP contribution is -2.49. The van der Waals surface area contributed by atoms with Crippen LogP contribution in [0, 0.1) is 5.82 Å². The van der Waals surface area contributed by atoms with Gasteiger partial charge in [-0.2, -0.15) is 0 Å². The van der Waals surface area contributed by atoms with E-state index in [0.717, 1.165) is 27.1 Å². The number of urea groups is 1. The third-order valence-corrected chi connectivity index (χ3v) is 5.86. The van der Waals surface area contributed by atoms with Crippen LogP contribution in [0.1, 0.15) is 18.2 Å². The van der Waals surface area contributed by atoms with Crippen LogP contribution in [0.5, 0.6) is 5.75 Å². The third-order valence-electron chi connectivity index (χ3n) is 5.86. The molecule has 2 aliphatic heterocycles. The van der Waals surface area contributed by atoms with Crippen LogP contribution in [-0.4, -0.2) is 35.5 Å². The number of hydrogen-bond donors (Lipinski definition) is 1. The number of imide groups is 1. The van der Waals surface area contributed by atoms with Gasteiger partial charge in [-0.1, -0.05) is 12.1 Å². The molecule has 7 heteroatoms. The summed E-state index contributed by atoms with van der Waals surface area (Å²) in [5.41, 5.74) is 1.31. The highest BCUT2D eigenvalue weighted by atomic mass is 19.1. The van der Waals surface area contributed by atoms with E-state index in [-0.39, 0.29) is 5.69 Å². The maximum absolute atomic E-state index is 14.4. The second kappa shape index (κ2) is 5.58. The van der Waals surface area contributed by atoms with Crippen LogP contribution in [0.25, 0.3) is 10.9 Å². The number of anilines is 1. The Kier molecular flexibility index (Phi) is 3.34. The number of amides is 3. The highest BCUT2D eigenvalue weighted by molar-refractivity contribution is 6.23. The van der Waals surface area contributed by atoms with Gasteiger partial charge < -0.3 is 14.6 Å². The molecule has 28 heavy (non-hydrogen) atoms. The molecular weight excluding hydrogens is 361 g/mol. The molecule has 0 spiro atoms. The van der Waals surface area contributed by atoms with Gasteiger partial charge in [-0.3, -0.25) is 4.79 Å². The minimum absolute atomic E-state index is 0.0209. The van der Waals surface area contributed by atoms with Crippen LogP contribution in [0.4, 0.5) is 14.9 Å². The van der Waals surface area contributed by atoms with Crippen molar-refractivity contribution in [3.63, 3.8) is 0 Å². The van der Waals surface area contributed by atoms with E-state index in [2.05, 4.69) is 4.98 Å². The molecule has 3 aromatic rings. The van der Waals surface area contributed by atoms with Crippen LogP contribution >= 0.6 is 0 Å². The summed E-state index contributed by atoms with van der Waals surface area (Å²) in [5, 5.41) is 0.972. The van der Waals surface area contributed by atoms with Crippen molar-refractivity contribution in [3.8, 4) is 5.75 Å². The number of ether oxygens (including phenoxy) is 1. The Balaban J connectivity index is 1.70. The smallest absolute Gasteiger partial charge is 0.332 e. The quantitative estimate of drug-likeness (QED) is 0.693. The number of halogens is 1. The number of fused-ring (bicyclic) bond motifs is 5. The highest BCUT2D eigenvalue weighted by Crippen LogP contribution is 2.45. The van der Waals surface area contributed by atoms with Gasteiger partial charge in [0.25, 0.3) is 5.91 Å². The van der Waals surface area contributed by atoms with E-state index in [1.165, 1.54) is 23.1 Å². The number of nitrogens with one attached hydrogen (secondary N) is 1. The SMILES string of the molecule is COc1ccc2[nH]c3c(c2c1)CCN1C(=O)N(c2ccccc2F)C(=O)[C@]31C. The largest absolute Gasteiger partial charge is 0.497 e. The van der Waals surface area contributed by atoms with Gasteiger partial charge in [0.15, 0.2) is 5.54 Å². The number of methoxy groups -OCH3 is 1. The Hall–Kier alpha value is -3.35. The molecule has 0 unspecified atom stereocenters. The number of aromatic amines is 1. The van der Waals surface area contributed by atoms with E-state index in [1.54, 1.807) is 20.1 Å². The number of para-hydroxylation sites is 1. The van der Waals surface area contributed by atoms with Crippen molar-refractivity contribution >= 4 is 28.5 Å². The summed E-state index contributed by atoms with van der Waals surface area (Å²) in [6.07, 6.45) is 0.599. The van der Waals surface area contributed by atoms with E-state index in [0.29, 0.717) is 18.7 Å². The van der Waals surface area contributed by atoms with Gasteiger partial charge in [0.1, 0.15) is 11.6 Å². The third kappa shape index (κ3) is 1.96. The normalized spacial score (nSPS) is 21.2. The molecule has 0 aliphatic carbocycles. The highest BCUT2D eigenvalue weighted by Gasteiger charge is 2.59. The maximum Gasteiger partial charge on any atom is 0.332 e. The Morgan fingerprint density at radius 2 is 1.96 bits per heavy atom. The van der Waals surface area contributed by atoms with Crippen molar-refractivity contribution in [1.29, 1.82) is 0 Å². The molecule has 1 fully saturated rings. The lowest BCUT2D eigenvalue weighted by Gasteiger charge is -2.35. The predicted molar refractivity (Wildman–Crippen MR) is 102 cm³/mol. The summed E-state index contributed by atoms with van der Waals surface area (Å²) in [6.45, 7) is 2.10. The van der Waals surface area contributed by atoms with E-state index < -0.39 is 23.3 Å². The molecule has 3 amide bonds. The number of benzene rings is 2. The summed E-state index contributed by atoms with van der Waals surface area (Å²) in [6, 6.07) is 11.0. The fourth-order valence-electron chi connectivity index (χ4n) is 4.39. The first-order valence-corrected chi connectivity index (χ1v) is 9.06. The number of hydrogen-bond acceptors (Lipinski definition) is 3. The first kappa shape index (κ1) is 16.8. The van der Waals surface area contributed by atoms with Crippen LogP contribution in [-0.2, 0) is 16.8 Å². The average molecular weight is 379 g/mol. The molecule has 3 heterocycles. The zero-order valence-electron chi connectivity index (χ0n) is 15.5. The lowest BCUT2D eigenvalue weighted by atomic mass is 9.87. The van der Waals surface area contributed by atoms with E-state index >= 15 is 0 Å². The molecule has 142 valence electrons. The Morgan fingerprint density at radius 1 is 1.18 bits per heavy atom. The first-order chi connectivity index (χ1) is 13.5. The molecule has 0 radical (unpaired) electrons. The Bertz CT molecular complexity index is 1160.